The second-order valence-corrected chi connectivity index (χ2v) is 7.85. The normalized spacial score (nSPS) is 18.3. The molecular formula is C21H15Cl2F3N4O. The molecule has 0 fully saturated rings. The fourth-order valence-electron chi connectivity index (χ4n) is 3.54. The Labute approximate surface area is 185 Å². The minimum atomic E-state index is -4.66. The number of alkyl halides is 3. The molecule has 5 nitrogen and oxygen atoms in total. The second kappa shape index (κ2) is 8.01. The zero-order valence-electron chi connectivity index (χ0n) is 16.0. The van der Waals surface area contributed by atoms with Gasteiger partial charge in [0.2, 0.25) is 5.91 Å². The molecule has 1 amide bonds. The van der Waals surface area contributed by atoms with Crippen molar-refractivity contribution in [1.82, 2.24) is 9.78 Å². The lowest BCUT2D eigenvalue weighted by molar-refractivity contribution is -0.141. The van der Waals surface area contributed by atoms with Gasteiger partial charge in [-0.05, 0) is 36.8 Å². The van der Waals surface area contributed by atoms with Gasteiger partial charge in [0.15, 0.2) is 11.5 Å². The van der Waals surface area contributed by atoms with Crippen LogP contribution in [0.5, 0.6) is 0 Å². The molecule has 3 aromatic rings. The molecule has 0 saturated heterocycles. The van der Waals surface area contributed by atoms with Crippen molar-refractivity contribution < 1.29 is 18.0 Å². The van der Waals surface area contributed by atoms with E-state index in [0.29, 0.717) is 17.0 Å². The Kier molecular flexibility index (Phi) is 5.53. The molecule has 1 N–H and O–H groups in total. The topological polar surface area (TPSA) is 59.3 Å². The monoisotopic (exact) mass is 466 g/mol. The van der Waals surface area contributed by atoms with Gasteiger partial charge in [-0.1, -0.05) is 47.5 Å². The third-order valence-electron chi connectivity index (χ3n) is 4.94. The van der Waals surface area contributed by atoms with Crippen molar-refractivity contribution in [2.45, 2.75) is 19.1 Å². The van der Waals surface area contributed by atoms with Gasteiger partial charge in [-0.15, -0.1) is 0 Å². The second-order valence-electron chi connectivity index (χ2n) is 7.03. The highest BCUT2D eigenvalue weighted by atomic mass is 35.5. The quantitative estimate of drug-likeness (QED) is 0.502. The summed E-state index contributed by atoms with van der Waals surface area (Å²) < 4.78 is 41.1. The number of benzene rings is 2. The standard InChI is InChI=1S/C21H15Cl2F3N4O/c1-11-18(20(31)28-13-5-3-2-4-6-13)19(12-7-8-14(22)15(23)9-12)30-17(27-11)10-16(29-30)21(24,25)26/h2-10,18-19H,1H3,(H,28,31). The number of carbonyl (C=O) groups excluding carboxylic acids is 1. The number of nitrogens with one attached hydrogen (secondary N) is 1. The van der Waals surface area contributed by atoms with Crippen LogP contribution in [0.25, 0.3) is 0 Å². The first-order chi connectivity index (χ1) is 14.6. The van der Waals surface area contributed by atoms with E-state index in [4.69, 9.17) is 23.2 Å². The van der Waals surface area contributed by atoms with Crippen LogP contribution in [0.1, 0.15) is 24.2 Å². The maximum absolute atomic E-state index is 13.3. The zero-order valence-corrected chi connectivity index (χ0v) is 17.5. The Morgan fingerprint density at radius 3 is 2.42 bits per heavy atom. The molecule has 0 radical (unpaired) electrons. The Balaban J connectivity index is 1.83. The van der Waals surface area contributed by atoms with Crippen molar-refractivity contribution in [1.29, 1.82) is 0 Å². The number of nitrogens with zero attached hydrogens (tertiary/aromatic N) is 3. The van der Waals surface area contributed by atoms with Gasteiger partial charge >= 0.3 is 6.18 Å². The van der Waals surface area contributed by atoms with Crippen LogP contribution in [0.4, 0.5) is 24.7 Å². The summed E-state index contributed by atoms with van der Waals surface area (Å²) in [5.41, 5.74) is 0.296. The van der Waals surface area contributed by atoms with E-state index in [1.165, 1.54) is 12.1 Å². The first-order valence-electron chi connectivity index (χ1n) is 9.18. The van der Waals surface area contributed by atoms with E-state index in [1.807, 2.05) is 0 Å². The SMILES string of the molecule is CC1=Nc2cc(C(F)(F)F)nn2C(c2ccc(Cl)c(Cl)c2)C1C(=O)Nc1ccccc1. The number of halogens is 5. The number of aromatic nitrogens is 2. The number of rotatable bonds is 3. The van der Waals surface area contributed by atoms with Gasteiger partial charge in [-0.2, -0.15) is 18.3 Å². The van der Waals surface area contributed by atoms with Crippen LogP contribution in [0.3, 0.4) is 0 Å². The molecule has 1 aliphatic heterocycles. The molecule has 160 valence electrons. The van der Waals surface area contributed by atoms with Crippen LogP contribution in [-0.4, -0.2) is 21.4 Å². The summed E-state index contributed by atoms with van der Waals surface area (Å²) >= 11 is 12.2. The van der Waals surface area contributed by atoms with Gasteiger partial charge in [0, 0.05) is 17.5 Å². The fraction of sp³-hybridized carbons (Fsp3) is 0.190. The summed E-state index contributed by atoms with van der Waals surface area (Å²) in [6, 6.07) is 13.4. The number of hydrogen-bond donors (Lipinski definition) is 1. The molecule has 0 saturated carbocycles. The van der Waals surface area contributed by atoms with Crippen LogP contribution in [0, 0.1) is 5.92 Å². The van der Waals surface area contributed by atoms with E-state index in [1.54, 1.807) is 43.3 Å². The molecule has 1 aliphatic rings. The van der Waals surface area contributed by atoms with Crippen molar-refractivity contribution in [2.24, 2.45) is 10.9 Å². The third-order valence-corrected chi connectivity index (χ3v) is 5.67. The van der Waals surface area contributed by atoms with Gasteiger partial charge < -0.3 is 5.32 Å². The number of hydrogen-bond acceptors (Lipinski definition) is 3. The van der Waals surface area contributed by atoms with Crippen molar-refractivity contribution in [3.05, 3.63) is 75.9 Å². The number of amides is 1. The Morgan fingerprint density at radius 1 is 1.06 bits per heavy atom. The number of fused-ring (bicyclic) bond motifs is 1. The average Bonchev–Trinajstić information content (AvgIpc) is 3.14. The average molecular weight is 467 g/mol. The largest absolute Gasteiger partial charge is 0.435 e. The fourth-order valence-corrected chi connectivity index (χ4v) is 3.84. The minimum absolute atomic E-state index is 0.00431. The van der Waals surface area contributed by atoms with E-state index in [2.05, 4.69) is 15.4 Å². The lowest BCUT2D eigenvalue weighted by Crippen LogP contribution is -2.39. The molecule has 10 heteroatoms. The van der Waals surface area contributed by atoms with E-state index >= 15 is 0 Å². The highest BCUT2D eigenvalue weighted by Crippen LogP contribution is 2.41. The molecular weight excluding hydrogens is 452 g/mol. The molecule has 2 atom stereocenters. The number of anilines is 1. The molecule has 0 spiro atoms. The predicted octanol–water partition coefficient (Wildman–Crippen LogP) is 6.16. The molecule has 31 heavy (non-hydrogen) atoms. The van der Waals surface area contributed by atoms with E-state index < -0.39 is 29.7 Å². The van der Waals surface area contributed by atoms with Crippen molar-refractivity contribution >= 4 is 46.3 Å². The zero-order chi connectivity index (χ0) is 22.3. The third kappa shape index (κ3) is 4.18. The molecule has 4 rings (SSSR count). The van der Waals surface area contributed by atoms with E-state index in [9.17, 15) is 18.0 Å². The summed E-state index contributed by atoms with van der Waals surface area (Å²) in [5.74, 6) is -1.35. The predicted molar refractivity (Wildman–Crippen MR) is 113 cm³/mol. The smallest absolute Gasteiger partial charge is 0.325 e. The van der Waals surface area contributed by atoms with Crippen LogP contribution in [0.15, 0.2) is 59.6 Å². The maximum Gasteiger partial charge on any atom is 0.435 e. The number of carbonyl (C=O) groups is 1. The molecule has 0 aliphatic carbocycles. The first-order valence-corrected chi connectivity index (χ1v) is 9.93. The van der Waals surface area contributed by atoms with Gasteiger partial charge in [0.1, 0.15) is 5.92 Å². The highest BCUT2D eigenvalue weighted by Gasteiger charge is 2.42. The molecule has 2 heterocycles. The van der Waals surface area contributed by atoms with Gasteiger partial charge in [0.05, 0.1) is 16.1 Å². The molecule has 2 aromatic carbocycles. The van der Waals surface area contributed by atoms with Crippen LogP contribution < -0.4 is 5.32 Å². The molecule has 1 aromatic heterocycles. The lowest BCUT2D eigenvalue weighted by atomic mass is 9.87. The first kappa shape index (κ1) is 21.4. The van der Waals surface area contributed by atoms with Gasteiger partial charge in [0.25, 0.3) is 0 Å². The van der Waals surface area contributed by atoms with Crippen molar-refractivity contribution in [3.63, 3.8) is 0 Å². The Bertz CT molecular complexity index is 1180. The summed E-state index contributed by atoms with van der Waals surface area (Å²) in [5, 5.41) is 7.03. The molecule has 0 bridgehead atoms. The van der Waals surface area contributed by atoms with E-state index in [-0.39, 0.29) is 15.9 Å². The van der Waals surface area contributed by atoms with Crippen molar-refractivity contribution in [3.8, 4) is 0 Å². The number of aliphatic imine (C=N–C) groups is 1. The highest BCUT2D eigenvalue weighted by molar-refractivity contribution is 6.42. The van der Waals surface area contributed by atoms with E-state index in [0.717, 1.165) is 10.7 Å². The summed E-state index contributed by atoms with van der Waals surface area (Å²) in [7, 11) is 0. The van der Waals surface area contributed by atoms with Crippen LogP contribution >= 0.6 is 23.2 Å². The lowest BCUT2D eigenvalue weighted by Gasteiger charge is -2.31. The summed E-state index contributed by atoms with van der Waals surface area (Å²) in [4.78, 5) is 17.4. The summed E-state index contributed by atoms with van der Waals surface area (Å²) in [6.45, 7) is 1.60. The van der Waals surface area contributed by atoms with Crippen molar-refractivity contribution in [2.75, 3.05) is 5.32 Å². The summed E-state index contributed by atoms with van der Waals surface area (Å²) in [6.07, 6.45) is -4.66. The maximum atomic E-state index is 13.3. The molecule has 2 unspecified atom stereocenters. The Hall–Kier alpha value is -2.84. The van der Waals surface area contributed by atoms with Crippen LogP contribution in [0.2, 0.25) is 10.0 Å². The van der Waals surface area contributed by atoms with Crippen LogP contribution in [-0.2, 0) is 11.0 Å². The Morgan fingerprint density at radius 2 is 1.77 bits per heavy atom. The number of para-hydroxylation sites is 1. The van der Waals surface area contributed by atoms with Gasteiger partial charge in [-0.25, -0.2) is 9.67 Å². The van der Waals surface area contributed by atoms with Gasteiger partial charge in [-0.3, -0.25) is 4.79 Å². The minimum Gasteiger partial charge on any atom is -0.325 e.